The van der Waals surface area contributed by atoms with Crippen LogP contribution in [-0.4, -0.2) is 29.3 Å². The largest absolute Gasteiger partial charge is 0.465 e. The van der Waals surface area contributed by atoms with E-state index in [9.17, 15) is 4.79 Å². The van der Waals surface area contributed by atoms with Crippen molar-refractivity contribution in [3.05, 3.63) is 11.7 Å². The molecule has 0 amide bonds. The van der Waals surface area contributed by atoms with Crippen molar-refractivity contribution in [3.8, 4) is 0 Å². The van der Waals surface area contributed by atoms with Gasteiger partial charge in [0.1, 0.15) is 11.5 Å². The number of aromatic nitrogens is 2. The highest BCUT2D eigenvalue weighted by molar-refractivity contribution is 5.77. The molecule has 2 atom stereocenters. The lowest BCUT2D eigenvalue weighted by molar-refractivity contribution is -0.146. The Morgan fingerprint density at radius 3 is 2.80 bits per heavy atom. The summed E-state index contributed by atoms with van der Waals surface area (Å²) in [5.74, 6) is 0.00109. The Hall–Kier alpha value is -1.43. The maximum atomic E-state index is 12.0. The minimum atomic E-state index is -0.527. The quantitative estimate of drug-likeness (QED) is 0.772. The van der Waals surface area contributed by atoms with Gasteiger partial charge >= 0.3 is 5.97 Å². The van der Waals surface area contributed by atoms with Crippen LogP contribution in [0.15, 0.2) is 4.52 Å². The molecule has 0 spiro atoms. The van der Waals surface area contributed by atoms with Crippen molar-refractivity contribution in [2.24, 2.45) is 5.92 Å². The lowest BCUT2D eigenvalue weighted by atomic mass is 9.95. The second kappa shape index (κ2) is 5.91. The van der Waals surface area contributed by atoms with Gasteiger partial charge in [-0.3, -0.25) is 4.79 Å². The van der Waals surface area contributed by atoms with Gasteiger partial charge in [-0.05, 0) is 32.6 Å². The van der Waals surface area contributed by atoms with Crippen molar-refractivity contribution < 1.29 is 18.8 Å². The summed E-state index contributed by atoms with van der Waals surface area (Å²) >= 11 is 0. The number of nitrogens with zero attached hydrogens (tertiary/aromatic N) is 2. The van der Waals surface area contributed by atoms with Crippen LogP contribution in [0.1, 0.15) is 58.2 Å². The van der Waals surface area contributed by atoms with E-state index in [1.54, 1.807) is 6.92 Å². The molecular weight excluding hydrogens is 260 g/mol. The molecule has 1 aliphatic rings. The number of carbonyl (C=O) groups is 1. The Bertz CT molecular complexity index is 463. The summed E-state index contributed by atoms with van der Waals surface area (Å²) in [6, 6.07) is 0. The normalized spacial score (nSPS) is 24.1. The molecule has 112 valence electrons. The van der Waals surface area contributed by atoms with E-state index in [0.29, 0.717) is 24.9 Å². The average Bonchev–Trinajstić information content (AvgIpc) is 2.99. The van der Waals surface area contributed by atoms with Crippen molar-refractivity contribution in [3.63, 3.8) is 0 Å². The molecule has 6 heteroatoms. The lowest BCUT2D eigenvalue weighted by Gasteiger charge is -2.18. The van der Waals surface area contributed by atoms with Crippen molar-refractivity contribution in [2.75, 3.05) is 13.2 Å². The Morgan fingerprint density at radius 2 is 2.25 bits per heavy atom. The van der Waals surface area contributed by atoms with Crippen molar-refractivity contribution in [1.29, 1.82) is 0 Å². The van der Waals surface area contributed by atoms with Crippen molar-refractivity contribution >= 4 is 5.97 Å². The number of carbonyl (C=O) groups excluding carboxylic acids is 1. The van der Waals surface area contributed by atoms with Crippen molar-refractivity contribution in [2.45, 2.75) is 52.1 Å². The number of hydrogen-bond acceptors (Lipinski definition) is 6. The molecule has 2 rings (SSSR count). The molecule has 0 saturated carbocycles. The zero-order valence-electron chi connectivity index (χ0n) is 12.5. The standard InChI is InChI=1S/C14H22N2O4/c1-5-18-12(17)10(9(2)3)11-15-13(16-20-11)14(4)7-6-8-19-14/h9-10H,5-8H2,1-4H3. The summed E-state index contributed by atoms with van der Waals surface area (Å²) in [4.78, 5) is 16.4. The van der Waals surface area contributed by atoms with E-state index in [1.165, 1.54) is 0 Å². The van der Waals surface area contributed by atoms with Gasteiger partial charge in [0.15, 0.2) is 0 Å². The van der Waals surface area contributed by atoms with E-state index in [0.717, 1.165) is 12.8 Å². The van der Waals surface area contributed by atoms with Crippen LogP contribution in [-0.2, 0) is 19.9 Å². The summed E-state index contributed by atoms with van der Waals surface area (Å²) in [5.41, 5.74) is -0.502. The summed E-state index contributed by atoms with van der Waals surface area (Å²) in [6.07, 6.45) is 1.84. The van der Waals surface area contributed by atoms with Gasteiger partial charge < -0.3 is 14.0 Å². The van der Waals surface area contributed by atoms with Crippen LogP contribution >= 0.6 is 0 Å². The first kappa shape index (κ1) is 15.0. The Balaban J connectivity index is 2.23. The number of hydrogen-bond donors (Lipinski definition) is 0. The molecule has 1 aromatic rings. The zero-order valence-corrected chi connectivity index (χ0v) is 12.5. The van der Waals surface area contributed by atoms with Gasteiger partial charge in [0, 0.05) is 6.61 Å². The molecule has 0 bridgehead atoms. The molecule has 0 radical (unpaired) electrons. The van der Waals surface area contributed by atoms with E-state index in [2.05, 4.69) is 10.1 Å². The fourth-order valence-corrected chi connectivity index (χ4v) is 2.42. The third-order valence-corrected chi connectivity index (χ3v) is 3.61. The van der Waals surface area contributed by atoms with Gasteiger partial charge in [-0.2, -0.15) is 4.98 Å². The molecule has 20 heavy (non-hydrogen) atoms. The molecular formula is C14H22N2O4. The molecule has 2 unspecified atom stereocenters. The first-order valence-corrected chi connectivity index (χ1v) is 7.12. The predicted molar refractivity (Wildman–Crippen MR) is 71.0 cm³/mol. The molecule has 0 aromatic carbocycles. The van der Waals surface area contributed by atoms with Crippen LogP contribution in [0.3, 0.4) is 0 Å². The molecule has 0 N–H and O–H groups in total. The van der Waals surface area contributed by atoms with Crippen LogP contribution in [0, 0.1) is 5.92 Å². The third kappa shape index (κ3) is 2.85. The van der Waals surface area contributed by atoms with Crippen LogP contribution < -0.4 is 0 Å². The van der Waals surface area contributed by atoms with Gasteiger partial charge in [-0.1, -0.05) is 19.0 Å². The van der Waals surface area contributed by atoms with Gasteiger partial charge in [-0.25, -0.2) is 0 Å². The molecule has 1 saturated heterocycles. The first-order valence-electron chi connectivity index (χ1n) is 7.12. The second-order valence-electron chi connectivity index (χ2n) is 5.61. The summed E-state index contributed by atoms with van der Waals surface area (Å²) in [7, 11) is 0. The molecule has 0 aliphatic carbocycles. The SMILES string of the molecule is CCOC(=O)C(c1nc(C2(C)CCCO2)no1)C(C)C. The van der Waals surface area contributed by atoms with Gasteiger partial charge in [0.25, 0.3) is 0 Å². The molecule has 1 aliphatic heterocycles. The minimum absolute atomic E-state index is 0.0275. The van der Waals surface area contributed by atoms with E-state index in [-0.39, 0.29) is 11.9 Å². The van der Waals surface area contributed by atoms with Gasteiger partial charge in [0.2, 0.25) is 11.7 Å². The highest BCUT2D eigenvalue weighted by Gasteiger charge is 2.39. The third-order valence-electron chi connectivity index (χ3n) is 3.61. The first-order chi connectivity index (χ1) is 9.48. The molecule has 1 fully saturated rings. The predicted octanol–water partition coefficient (Wildman–Crippen LogP) is 2.40. The Morgan fingerprint density at radius 1 is 1.50 bits per heavy atom. The van der Waals surface area contributed by atoms with E-state index >= 15 is 0 Å². The summed E-state index contributed by atoms with van der Waals surface area (Å²) in [6.45, 7) is 8.62. The maximum absolute atomic E-state index is 12.0. The van der Waals surface area contributed by atoms with Gasteiger partial charge in [0.05, 0.1) is 6.61 Å². The zero-order chi connectivity index (χ0) is 14.8. The minimum Gasteiger partial charge on any atom is -0.465 e. The second-order valence-corrected chi connectivity index (χ2v) is 5.61. The van der Waals surface area contributed by atoms with E-state index in [4.69, 9.17) is 14.0 Å². The number of esters is 1. The fraction of sp³-hybridized carbons (Fsp3) is 0.786. The summed E-state index contributed by atoms with van der Waals surface area (Å²) < 4.78 is 16.1. The highest BCUT2D eigenvalue weighted by atomic mass is 16.5. The topological polar surface area (TPSA) is 74.5 Å². The van der Waals surface area contributed by atoms with Crippen LogP contribution in [0.25, 0.3) is 0 Å². The molecule has 1 aromatic heterocycles. The summed E-state index contributed by atoms with van der Waals surface area (Å²) in [5, 5.41) is 4.00. The van der Waals surface area contributed by atoms with Crippen LogP contribution in [0.4, 0.5) is 0 Å². The Labute approximate surface area is 118 Å². The molecule has 6 nitrogen and oxygen atoms in total. The average molecular weight is 282 g/mol. The van der Waals surface area contributed by atoms with Crippen LogP contribution in [0.5, 0.6) is 0 Å². The molecule has 2 heterocycles. The fourth-order valence-electron chi connectivity index (χ4n) is 2.42. The maximum Gasteiger partial charge on any atom is 0.318 e. The monoisotopic (exact) mass is 282 g/mol. The van der Waals surface area contributed by atoms with E-state index in [1.807, 2.05) is 20.8 Å². The number of rotatable bonds is 5. The highest BCUT2D eigenvalue weighted by Crippen LogP contribution is 2.35. The smallest absolute Gasteiger partial charge is 0.318 e. The Kier molecular flexibility index (Phi) is 4.42. The lowest BCUT2D eigenvalue weighted by Crippen LogP contribution is -2.23. The van der Waals surface area contributed by atoms with Gasteiger partial charge in [-0.15, -0.1) is 0 Å². The van der Waals surface area contributed by atoms with E-state index < -0.39 is 11.5 Å². The number of ether oxygens (including phenoxy) is 2. The van der Waals surface area contributed by atoms with Crippen molar-refractivity contribution in [1.82, 2.24) is 10.1 Å². The van der Waals surface area contributed by atoms with Crippen LogP contribution in [0.2, 0.25) is 0 Å².